The van der Waals surface area contributed by atoms with E-state index < -0.39 is 28.5 Å². The second kappa shape index (κ2) is 5.38. The molecule has 0 unspecified atom stereocenters. The Morgan fingerprint density at radius 2 is 2.29 bits per heavy atom. The number of hydrogen-bond acceptors (Lipinski definition) is 9. The second-order valence-electron chi connectivity index (χ2n) is 4.98. The number of hydroxylamine groups is 2. The molecule has 0 spiro atoms. The van der Waals surface area contributed by atoms with Gasteiger partial charge in [-0.25, -0.2) is 9.78 Å². The molecule has 0 radical (unpaired) electrons. The highest BCUT2D eigenvalue weighted by Gasteiger charge is 2.53. The summed E-state index contributed by atoms with van der Waals surface area (Å²) in [6.45, 7) is 0.190. The third kappa shape index (κ3) is 2.29. The Hall–Kier alpha value is -1.74. The maximum Gasteiger partial charge on any atom is 0.418 e. The number of urea groups is 1. The van der Waals surface area contributed by atoms with E-state index in [-0.39, 0.29) is 6.54 Å². The Balaban J connectivity index is 1.82. The van der Waals surface area contributed by atoms with Gasteiger partial charge < -0.3 is 4.90 Å². The predicted molar refractivity (Wildman–Crippen MR) is 82.2 cm³/mol. The summed E-state index contributed by atoms with van der Waals surface area (Å²) < 4.78 is 37.2. The quantitative estimate of drug-likeness (QED) is 0.740. The van der Waals surface area contributed by atoms with E-state index in [2.05, 4.69) is 19.5 Å². The smallest absolute Gasteiger partial charge is 0.304 e. The van der Waals surface area contributed by atoms with Crippen molar-refractivity contribution in [1.29, 1.82) is 0 Å². The van der Waals surface area contributed by atoms with Gasteiger partial charge in [0.05, 0.1) is 22.6 Å². The van der Waals surface area contributed by atoms with Gasteiger partial charge in [0.1, 0.15) is 18.4 Å². The van der Waals surface area contributed by atoms with Crippen molar-refractivity contribution in [3.63, 3.8) is 0 Å². The number of rotatable bonds is 4. The molecular weight excluding hydrogens is 380 g/mol. The van der Waals surface area contributed by atoms with Crippen molar-refractivity contribution in [2.75, 3.05) is 12.8 Å². The van der Waals surface area contributed by atoms with E-state index in [4.69, 9.17) is 4.55 Å². The lowest BCUT2D eigenvalue weighted by molar-refractivity contribution is -0.0308. The molecule has 2 atom stereocenters. The minimum atomic E-state index is -4.82. The molecular formula is C10H10N6O5S3. The number of carbonyl (C=O) groups excluding carboxylic acids is 1. The van der Waals surface area contributed by atoms with Crippen LogP contribution in [0, 0.1) is 0 Å². The molecule has 1 fully saturated rings. The van der Waals surface area contributed by atoms with Crippen LogP contribution in [-0.4, -0.2) is 60.9 Å². The summed E-state index contributed by atoms with van der Waals surface area (Å²) in [6.07, 6.45) is 3.35. The SMILES string of the molecule is CSn1cnnc1[C@@H]1c2ncsc2[C@@H]2CN1C(=O)N2OS(=O)(=O)O. The lowest BCUT2D eigenvalue weighted by atomic mass is 10.0. The first-order chi connectivity index (χ1) is 11.4. The van der Waals surface area contributed by atoms with Gasteiger partial charge >= 0.3 is 16.4 Å². The summed E-state index contributed by atoms with van der Waals surface area (Å²) >= 11 is 2.64. The van der Waals surface area contributed by atoms with Crippen molar-refractivity contribution in [3.05, 3.63) is 28.2 Å². The lowest BCUT2D eigenvalue weighted by Gasteiger charge is -2.28. The van der Waals surface area contributed by atoms with Crippen LogP contribution in [0.2, 0.25) is 0 Å². The van der Waals surface area contributed by atoms with Crippen LogP contribution in [0.25, 0.3) is 0 Å². The largest absolute Gasteiger partial charge is 0.418 e. The molecule has 14 heteroatoms. The van der Waals surface area contributed by atoms with E-state index in [1.165, 1.54) is 34.5 Å². The van der Waals surface area contributed by atoms with Gasteiger partial charge in [-0.1, -0.05) is 0 Å². The highest BCUT2D eigenvalue weighted by atomic mass is 32.3. The first-order valence-corrected chi connectivity index (χ1v) is 9.98. The van der Waals surface area contributed by atoms with Crippen molar-refractivity contribution in [3.8, 4) is 0 Å². The topological polar surface area (TPSA) is 131 Å². The van der Waals surface area contributed by atoms with Gasteiger partial charge in [-0.05, 0) is 11.9 Å². The maximum atomic E-state index is 12.6. The number of amides is 2. The van der Waals surface area contributed by atoms with Crippen molar-refractivity contribution in [1.82, 2.24) is 29.1 Å². The summed E-state index contributed by atoms with van der Waals surface area (Å²) in [4.78, 5) is 19.0. The van der Waals surface area contributed by atoms with Crippen LogP contribution in [-0.2, 0) is 14.7 Å². The molecule has 128 valence electrons. The molecule has 0 aliphatic carbocycles. The zero-order chi connectivity index (χ0) is 17.1. The van der Waals surface area contributed by atoms with E-state index in [0.717, 1.165) is 0 Å². The maximum absolute atomic E-state index is 12.6. The molecule has 4 rings (SSSR count). The molecule has 2 bridgehead atoms. The van der Waals surface area contributed by atoms with Crippen LogP contribution in [0.15, 0.2) is 11.8 Å². The Labute approximate surface area is 144 Å². The number of thiazole rings is 1. The van der Waals surface area contributed by atoms with Gasteiger partial charge in [0.15, 0.2) is 5.82 Å². The third-order valence-electron chi connectivity index (χ3n) is 3.74. The Morgan fingerprint density at radius 3 is 3.00 bits per heavy atom. The molecule has 0 saturated carbocycles. The molecule has 2 aromatic rings. The molecule has 11 nitrogen and oxygen atoms in total. The third-order valence-corrected chi connectivity index (χ3v) is 5.71. The zero-order valence-corrected chi connectivity index (χ0v) is 14.5. The van der Waals surface area contributed by atoms with Crippen LogP contribution in [0.3, 0.4) is 0 Å². The van der Waals surface area contributed by atoms with Crippen LogP contribution >= 0.6 is 23.3 Å². The fourth-order valence-electron chi connectivity index (χ4n) is 2.87. The monoisotopic (exact) mass is 390 g/mol. The second-order valence-corrected chi connectivity index (χ2v) is 7.63. The zero-order valence-electron chi connectivity index (χ0n) is 12.0. The van der Waals surface area contributed by atoms with Crippen LogP contribution in [0.1, 0.15) is 28.5 Å². The number of hydrogen-bond donors (Lipinski definition) is 1. The molecule has 1 N–H and O–H groups in total. The van der Waals surface area contributed by atoms with Crippen LogP contribution < -0.4 is 0 Å². The minimum Gasteiger partial charge on any atom is -0.304 e. The summed E-state index contributed by atoms with van der Waals surface area (Å²) in [5.41, 5.74) is 2.20. The predicted octanol–water partition coefficient (Wildman–Crippen LogP) is 0.477. The molecule has 0 aromatic carbocycles. The van der Waals surface area contributed by atoms with E-state index in [1.54, 1.807) is 9.48 Å². The average Bonchev–Trinajstić information content (AvgIpc) is 3.22. The van der Waals surface area contributed by atoms with Crippen molar-refractivity contribution >= 4 is 39.7 Å². The Kier molecular flexibility index (Phi) is 3.54. The van der Waals surface area contributed by atoms with Gasteiger partial charge in [0, 0.05) is 6.26 Å². The van der Waals surface area contributed by atoms with Crippen molar-refractivity contribution in [2.24, 2.45) is 0 Å². The summed E-state index contributed by atoms with van der Waals surface area (Å²) in [5, 5.41) is 8.60. The lowest BCUT2D eigenvalue weighted by Crippen LogP contribution is -2.36. The van der Waals surface area contributed by atoms with Gasteiger partial charge in [0.25, 0.3) is 0 Å². The minimum absolute atomic E-state index is 0.190. The molecule has 2 aromatic heterocycles. The van der Waals surface area contributed by atoms with Gasteiger partial charge in [-0.3, -0.25) is 8.53 Å². The Morgan fingerprint density at radius 1 is 1.50 bits per heavy atom. The standard InChI is InChI=1S/C10H10N6O5S3/c1-22-15-3-12-13-9(15)7-6-8(23-4-11-6)5-2-14(7)10(17)16(5)21-24(18,19)20/h3-5,7H,2H2,1H3,(H,18,19,20)/t5-,7-/m0/s1. The Bertz CT molecular complexity index is 910. The number of carbonyl (C=O) groups is 1. The van der Waals surface area contributed by atoms with E-state index >= 15 is 0 Å². The average molecular weight is 390 g/mol. The van der Waals surface area contributed by atoms with E-state index in [1.807, 2.05) is 6.26 Å². The fourth-order valence-corrected chi connectivity index (χ4v) is 4.59. The molecule has 1 saturated heterocycles. The molecule has 2 aliphatic rings. The van der Waals surface area contributed by atoms with Crippen molar-refractivity contribution < 1.29 is 22.0 Å². The van der Waals surface area contributed by atoms with Gasteiger partial charge in [-0.15, -0.1) is 25.8 Å². The normalized spacial score (nSPS) is 23.0. The number of fused-ring (bicyclic) bond motifs is 4. The molecule has 2 amide bonds. The highest BCUT2D eigenvalue weighted by molar-refractivity contribution is 7.97. The summed E-state index contributed by atoms with van der Waals surface area (Å²) in [6, 6.07) is -1.97. The first kappa shape index (κ1) is 15.8. The van der Waals surface area contributed by atoms with E-state index in [9.17, 15) is 13.2 Å². The van der Waals surface area contributed by atoms with Gasteiger partial charge in [0.2, 0.25) is 0 Å². The van der Waals surface area contributed by atoms with Crippen molar-refractivity contribution in [2.45, 2.75) is 12.1 Å². The molecule has 4 heterocycles. The summed E-state index contributed by atoms with van der Waals surface area (Å²) in [5.74, 6) is 0.496. The number of aromatic nitrogens is 4. The first-order valence-electron chi connectivity index (χ1n) is 6.55. The van der Waals surface area contributed by atoms with Crippen LogP contribution in [0.4, 0.5) is 4.79 Å². The number of nitrogens with zero attached hydrogens (tertiary/aromatic N) is 6. The molecule has 2 aliphatic heterocycles. The van der Waals surface area contributed by atoms with E-state index in [0.29, 0.717) is 21.5 Å². The van der Waals surface area contributed by atoms with Crippen LogP contribution in [0.5, 0.6) is 0 Å². The fraction of sp³-hybridized carbons (Fsp3) is 0.400. The van der Waals surface area contributed by atoms with Gasteiger partial charge in [-0.2, -0.15) is 13.5 Å². The summed E-state index contributed by atoms with van der Waals surface area (Å²) in [7, 11) is -4.82. The highest BCUT2D eigenvalue weighted by Crippen LogP contribution is 2.47. The molecule has 24 heavy (non-hydrogen) atoms.